The van der Waals surface area contributed by atoms with Crippen molar-refractivity contribution in [3.8, 4) is 5.75 Å². The summed E-state index contributed by atoms with van der Waals surface area (Å²) in [6.07, 6.45) is 2.43. The maximum absolute atomic E-state index is 9.31. The lowest BCUT2D eigenvalue weighted by molar-refractivity contribution is 0.476. The van der Waals surface area contributed by atoms with E-state index in [4.69, 9.17) is 11.5 Å². The number of hydrogen-bond acceptors (Lipinski definition) is 3. The number of hydrogen-bond donors (Lipinski definition) is 3. The van der Waals surface area contributed by atoms with Crippen LogP contribution in [0.15, 0.2) is 30.9 Å². The zero-order chi connectivity index (χ0) is 9.84. The first-order valence-corrected chi connectivity index (χ1v) is 4.10. The molecule has 1 atom stereocenters. The lowest BCUT2D eigenvalue weighted by Gasteiger charge is -2.10. The van der Waals surface area contributed by atoms with Gasteiger partial charge in [0.1, 0.15) is 5.75 Å². The Kier molecular flexibility index (Phi) is 2.93. The van der Waals surface area contributed by atoms with Gasteiger partial charge in [-0.05, 0) is 24.1 Å². The van der Waals surface area contributed by atoms with E-state index >= 15 is 0 Å². The third-order valence-corrected chi connectivity index (χ3v) is 1.90. The van der Waals surface area contributed by atoms with Crippen LogP contribution in [0.2, 0.25) is 0 Å². The second-order valence-corrected chi connectivity index (χ2v) is 2.95. The van der Waals surface area contributed by atoms with Gasteiger partial charge in [-0.3, -0.25) is 0 Å². The predicted octanol–water partition coefficient (Wildman–Crippen LogP) is 1.55. The van der Waals surface area contributed by atoms with Gasteiger partial charge in [0, 0.05) is 6.04 Å². The van der Waals surface area contributed by atoms with E-state index in [9.17, 15) is 5.11 Å². The summed E-state index contributed by atoms with van der Waals surface area (Å²) in [5, 5.41) is 9.31. The molecule has 1 aromatic rings. The molecule has 0 aliphatic rings. The summed E-state index contributed by atoms with van der Waals surface area (Å²) in [6, 6.07) is 4.92. The van der Waals surface area contributed by atoms with Crippen molar-refractivity contribution in [2.75, 3.05) is 5.73 Å². The summed E-state index contributed by atoms with van der Waals surface area (Å²) in [5.74, 6) is 0.0806. The Labute approximate surface area is 77.7 Å². The van der Waals surface area contributed by atoms with Crippen LogP contribution in [0.25, 0.3) is 0 Å². The highest BCUT2D eigenvalue weighted by atomic mass is 16.3. The van der Waals surface area contributed by atoms with Gasteiger partial charge < -0.3 is 16.6 Å². The van der Waals surface area contributed by atoms with Gasteiger partial charge in [0.05, 0.1) is 5.69 Å². The van der Waals surface area contributed by atoms with E-state index in [0.29, 0.717) is 12.1 Å². The van der Waals surface area contributed by atoms with Gasteiger partial charge in [-0.25, -0.2) is 0 Å². The maximum atomic E-state index is 9.31. The Morgan fingerprint density at radius 1 is 1.54 bits per heavy atom. The molecule has 0 fully saturated rings. The van der Waals surface area contributed by atoms with Crippen molar-refractivity contribution in [3.63, 3.8) is 0 Å². The van der Waals surface area contributed by atoms with Crippen molar-refractivity contribution in [1.29, 1.82) is 0 Å². The molecule has 0 heterocycles. The lowest BCUT2D eigenvalue weighted by atomic mass is 10.0. The quantitative estimate of drug-likeness (QED) is 0.373. The van der Waals surface area contributed by atoms with Gasteiger partial charge >= 0.3 is 0 Å². The van der Waals surface area contributed by atoms with E-state index < -0.39 is 0 Å². The van der Waals surface area contributed by atoms with Crippen LogP contribution in [0.5, 0.6) is 5.75 Å². The molecule has 0 amide bonds. The summed E-state index contributed by atoms with van der Waals surface area (Å²) in [4.78, 5) is 0. The molecule has 0 saturated carbocycles. The molecule has 5 N–H and O–H groups in total. The Morgan fingerprint density at radius 2 is 2.23 bits per heavy atom. The largest absolute Gasteiger partial charge is 0.506 e. The molecule has 70 valence electrons. The van der Waals surface area contributed by atoms with Gasteiger partial charge in [-0.2, -0.15) is 0 Å². The molecule has 0 bridgehead atoms. The number of phenolic OH excluding ortho intramolecular Hbond substituents is 1. The van der Waals surface area contributed by atoms with Crippen LogP contribution < -0.4 is 11.5 Å². The number of anilines is 1. The van der Waals surface area contributed by atoms with Crippen LogP contribution in [-0.4, -0.2) is 5.11 Å². The third kappa shape index (κ3) is 2.23. The van der Waals surface area contributed by atoms with E-state index in [0.717, 1.165) is 5.56 Å². The molecule has 0 aliphatic heterocycles. The van der Waals surface area contributed by atoms with Gasteiger partial charge in [-0.1, -0.05) is 12.1 Å². The Hall–Kier alpha value is -1.48. The van der Waals surface area contributed by atoms with Gasteiger partial charge in [0.15, 0.2) is 0 Å². The van der Waals surface area contributed by atoms with Crippen molar-refractivity contribution in [3.05, 3.63) is 36.4 Å². The van der Waals surface area contributed by atoms with Crippen LogP contribution in [0.3, 0.4) is 0 Å². The maximum Gasteiger partial charge on any atom is 0.138 e. The molecule has 13 heavy (non-hydrogen) atoms. The number of phenols is 1. The van der Waals surface area contributed by atoms with E-state index in [-0.39, 0.29) is 11.8 Å². The molecule has 1 aromatic carbocycles. The lowest BCUT2D eigenvalue weighted by Crippen LogP contribution is -2.08. The van der Waals surface area contributed by atoms with Gasteiger partial charge in [0.2, 0.25) is 0 Å². The Balaban J connectivity index is 2.89. The molecule has 0 radical (unpaired) electrons. The van der Waals surface area contributed by atoms with E-state index in [2.05, 4.69) is 6.58 Å². The fourth-order valence-electron chi connectivity index (χ4n) is 1.11. The normalized spacial score (nSPS) is 12.4. The first-order valence-electron chi connectivity index (χ1n) is 4.10. The number of nitrogen functional groups attached to an aromatic ring is 1. The van der Waals surface area contributed by atoms with Crippen molar-refractivity contribution in [2.45, 2.75) is 12.5 Å². The summed E-state index contributed by atoms with van der Waals surface area (Å²) in [5.41, 5.74) is 12.5. The topological polar surface area (TPSA) is 72.3 Å². The zero-order valence-corrected chi connectivity index (χ0v) is 7.40. The van der Waals surface area contributed by atoms with Crippen molar-refractivity contribution >= 4 is 5.69 Å². The molecular weight excluding hydrogens is 164 g/mol. The molecule has 0 aromatic heterocycles. The SMILES string of the molecule is C=CCC(N)c1ccc(N)c(O)c1. The average Bonchev–Trinajstić information content (AvgIpc) is 2.10. The first-order chi connectivity index (χ1) is 6.15. The standard InChI is InChI=1S/C10H14N2O/c1-2-3-8(11)7-4-5-9(12)10(13)6-7/h2,4-6,8,13H,1,3,11-12H2. The second kappa shape index (κ2) is 3.96. The molecule has 1 rings (SSSR count). The predicted molar refractivity (Wildman–Crippen MR) is 54.3 cm³/mol. The van der Waals surface area contributed by atoms with Crippen LogP contribution in [-0.2, 0) is 0 Å². The van der Waals surface area contributed by atoms with E-state index in [1.54, 1.807) is 18.2 Å². The highest BCUT2D eigenvalue weighted by molar-refractivity contribution is 5.53. The molecular formula is C10H14N2O. The first kappa shape index (κ1) is 9.61. The summed E-state index contributed by atoms with van der Waals surface area (Å²) in [6.45, 7) is 3.60. The molecule has 3 heteroatoms. The number of aromatic hydroxyl groups is 1. The van der Waals surface area contributed by atoms with Gasteiger partial charge in [-0.15, -0.1) is 6.58 Å². The monoisotopic (exact) mass is 178 g/mol. The minimum atomic E-state index is -0.121. The molecule has 1 unspecified atom stereocenters. The number of nitrogens with two attached hydrogens (primary N) is 2. The summed E-state index contributed by atoms with van der Waals surface area (Å²) < 4.78 is 0. The van der Waals surface area contributed by atoms with Gasteiger partial charge in [0.25, 0.3) is 0 Å². The third-order valence-electron chi connectivity index (χ3n) is 1.90. The number of rotatable bonds is 3. The van der Waals surface area contributed by atoms with Crippen LogP contribution in [0, 0.1) is 0 Å². The minimum absolute atomic E-state index is 0.0806. The molecule has 3 nitrogen and oxygen atoms in total. The highest BCUT2D eigenvalue weighted by Gasteiger charge is 2.05. The second-order valence-electron chi connectivity index (χ2n) is 2.95. The Bertz CT molecular complexity index is 310. The molecule has 0 aliphatic carbocycles. The summed E-state index contributed by atoms with van der Waals surface area (Å²) in [7, 11) is 0. The minimum Gasteiger partial charge on any atom is -0.506 e. The highest BCUT2D eigenvalue weighted by Crippen LogP contribution is 2.24. The van der Waals surface area contributed by atoms with E-state index in [1.165, 1.54) is 0 Å². The van der Waals surface area contributed by atoms with Crippen molar-refractivity contribution in [2.24, 2.45) is 5.73 Å². The van der Waals surface area contributed by atoms with Crippen LogP contribution in [0.1, 0.15) is 18.0 Å². The summed E-state index contributed by atoms with van der Waals surface area (Å²) >= 11 is 0. The van der Waals surface area contributed by atoms with Crippen molar-refractivity contribution in [1.82, 2.24) is 0 Å². The van der Waals surface area contributed by atoms with Crippen molar-refractivity contribution < 1.29 is 5.11 Å². The smallest absolute Gasteiger partial charge is 0.138 e. The zero-order valence-electron chi connectivity index (χ0n) is 7.40. The van der Waals surface area contributed by atoms with E-state index in [1.807, 2.05) is 6.07 Å². The van der Waals surface area contributed by atoms with Crippen LogP contribution >= 0.6 is 0 Å². The fraction of sp³-hybridized carbons (Fsp3) is 0.200. The fourth-order valence-corrected chi connectivity index (χ4v) is 1.11. The Morgan fingerprint density at radius 3 is 2.77 bits per heavy atom. The molecule has 0 spiro atoms. The van der Waals surface area contributed by atoms with Crippen LogP contribution in [0.4, 0.5) is 5.69 Å². The average molecular weight is 178 g/mol. The number of benzene rings is 1. The molecule has 0 saturated heterocycles.